The molecule has 4 aromatic carbocycles. The first-order valence-electron chi connectivity index (χ1n) is 16.2. The standard InChI is InChI=1S/C42H36N4O4/c1-4-50-41(47)40(29-44)34-25-32(26-42(2,3)27-34)11-10-30-12-18-37(19-13-30)45(36-8-6-5-7-9-36)38-20-14-31(15-21-38)24-35(28-43)33-16-22-39(23-17-33)46(48)49/h5-25H,4,26-27H2,1-3H3/b11-10+,35-24+,40-34+. The molecule has 0 saturated heterocycles. The van der Waals surface area contributed by atoms with Crippen molar-refractivity contribution in [3.63, 3.8) is 0 Å². The van der Waals surface area contributed by atoms with Crippen LogP contribution in [0.2, 0.25) is 0 Å². The minimum Gasteiger partial charge on any atom is -0.462 e. The average molecular weight is 661 g/mol. The maximum atomic E-state index is 12.4. The number of non-ortho nitro benzene ring substituents is 1. The number of nitro groups is 1. The van der Waals surface area contributed by atoms with E-state index in [0.717, 1.165) is 40.2 Å². The van der Waals surface area contributed by atoms with Gasteiger partial charge in [-0.1, -0.05) is 74.5 Å². The minimum absolute atomic E-state index is 0.0277. The van der Waals surface area contributed by atoms with Gasteiger partial charge in [-0.25, -0.2) is 4.79 Å². The Labute approximate surface area is 292 Å². The molecule has 0 aliphatic heterocycles. The van der Waals surface area contributed by atoms with Gasteiger partial charge in [-0.3, -0.25) is 10.1 Å². The summed E-state index contributed by atoms with van der Waals surface area (Å²) in [5.41, 5.74) is 7.33. The summed E-state index contributed by atoms with van der Waals surface area (Å²) in [6.07, 6.45) is 9.21. The minimum atomic E-state index is -0.582. The number of carbonyl (C=O) groups excluding carboxylic acids is 1. The highest BCUT2D eigenvalue weighted by Crippen LogP contribution is 2.40. The molecule has 50 heavy (non-hydrogen) atoms. The fourth-order valence-corrected chi connectivity index (χ4v) is 5.97. The number of anilines is 3. The zero-order valence-corrected chi connectivity index (χ0v) is 28.2. The first-order valence-corrected chi connectivity index (χ1v) is 16.2. The number of esters is 1. The van der Waals surface area contributed by atoms with E-state index < -0.39 is 10.9 Å². The highest BCUT2D eigenvalue weighted by molar-refractivity contribution is 5.94. The second-order valence-electron chi connectivity index (χ2n) is 12.6. The van der Waals surface area contributed by atoms with Gasteiger partial charge in [0.25, 0.3) is 5.69 Å². The lowest BCUT2D eigenvalue weighted by atomic mass is 9.74. The second kappa shape index (κ2) is 15.6. The monoisotopic (exact) mass is 660 g/mol. The molecule has 248 valence electrons. The normalized spacial score (nSPS) is 15.0. The Morgan fingerprint density at radius 2 is 1.44 bits per heavy atom. The number of rotatable bonds is 10. The van der Waals surface area contributed by atoms with Gasteiger partial charge in [-0.2, -0.15) is 10.5 Å². The number of carbonyl (C=O) groups is 1. The van der Waals surface area contributed by atoms with Crippen molar-refractivity contribution in [2.45, 2.75) is 33.6 Å². The van der Waals surface area contributed by atoms with Gasteiger partial charge < -0.3 is 9.64 Å². The summed E-state index contributed by atoms with van der Waals surface area (Å²) in [6, 6.07) is 36.3. The Bertz CT molecular complexity index is 2080. The number of ether oxygens (including phenoxy) is 1. The Hall–Kier alpha value is -6.51. The van der Waals surface area contributed by atoms with Gasteiger partial charge in [0.2, 0.25) is 0 Å². The summed E-state index contributed by atoms with van der Waals surface area (Å²) in [5.74, 6) is -0.582. The van der Waals surface area contributed by atoms with Crippen LogP contribution in [0.15, 0.2) is 132 Å². The lowest BCUT2D eigenvalue weighted by Crippen LogP contribution is -2.19. The summed E-state index contributed by atoms with van der Waals surface area (Å²) in [5, 5.41) is 30.5. The predicted octanol–water partition coefficient (Wildman–Crippen LogP) is 10.3. The molecule has 1 aliphatic rings. The Morgan fingerprint density at radius 3 is 2.00 bits per heavy atom. The van der Waals surface area contributed by atoms with Crippen molar-refractivity contribution in [1.29, 1.82) is 10.5 Å². The summed E-state index contributed by atoms with van der Waals surface area (Å²) >= 11 is 0. The topological polar surface area (TPSA) is 120 Å². The molecule has 0 bridgehead atoms. The third kappa shape index (κ3) is 8.49. The van der Waals surface area contributed by atoms with Crippen LogP contribution >= 0.6 is 0 Å². The molecule has 4 aromatic rings. The van der Waals surface area contributed by atoms with Gasteiger partial charge in [-0.05, 0) is 108 Å². The summed E-state index contributed by atoms with van der Waals surface area (Å²) < 4.78 is 5.12. The summed E-state index contributed by atoms with van der Waals surface area (Å²) in [4.78, 5) is 25.1. The molecule has 8 heteroatoms. The summed E-state index contributed by atoms with van der Waals surface area (Å²) in [7, 11) is 0. The van der Waals surface area contributed by atoms with Crippen LogP contribution in [0.5, 0.6) is 0 Å². The maximum absolute atomic E-state index is 12.4. The first kappa shape index (κ1) is 34.8. The number of para-hydroxylation sites is 1. The number of hydrogen-bond acceptors (Lipinski definition) is 7. The molecule has 0 fully saturated rings. The third-order valence-electron chi connectivity index (χ3n) is 8.25. The van der Waals surface area contributed by atoms with Crippen molar-refractivity contribution in [2.24, 2.45) is 5.41 Å². The van der Waals surface area contributed by atoms with Crippen LogP contribution < -0.4 is 4.90 Å². The number of nitriles is 2. The van der Waals surface area contributed by atoms with Gasteiger partial charge in [0.15, 0.2) is 0 Å². The molecule has 0 amide bonds. The van der Waals surface area contributed by atoms with Crippen LogP contribution in [0.4, 0.5) is 22.7 Å². The number of hydrogen-bond donors (Lipinski definition) is 0. The van der Waals surface area contributed by atoms with E-state index in [9.17, 15) is 25.4 Å². The molecular formula is C42H36N4O4. The van der Waals surface area contributed by atoms with Gasteiger partial charge in [0.1, 0.15) is 11.6 Å². The third-order valence-corrected chi connectivity index (χ3v) is 8.25. The smallest absolute Gasteiger partial charge is 0.349 e. The molecule has 8 nitrogen and oxygen atoms in total. The van der Waals surface area contributed by atoms with Crippen molar-refractivity contribution in [1.82, 2.24) is 0 Å². The molecule has 0 heterocycles. The van der Waals surface area contributed by atoms with E-state index in [-0.39, 0.29) is 23.3 Å². The van der Waals surface area contributed by atoms with Crippen LogP contribution in [0.3, 0.4) is 0 Å². The molecule has 5 rings (SSSR count). The van der Waals surface area contributed by atoms with Gasteiger partial charge in [0.05, 0.1) is 23.2 Å². The quantitative estimate of drug-likeness (QED) is 0.0414. The van der Waals surface area contributed by atoms with E-state index in [1.807, 2.05) is 85.0 Å². The first-order chi connectivity index (χ1) is 24.1. The molecule has 1 aliphatic carbocycles. The SMILES string of the molecule is CCOC(=O)/C(C#N)=C1C=C(/C=C/c2ccc(N(c3ccccc3)c3ccc(/C=C(\C#N)c4ccc([N+](=O)[O-])cc4)cc3)cc2)CC(C)(C)C\1. The van der Waals surface area contributed by atoms with E-state index in [4.69, 9.17) is 4.74 Å². The van der Waals surface area contributed by atoms with Crippen molar-refractivity contribution < 1.29 is 14.5 Å². The van der Waals surface area contributed by atoms with Crippen LogP contribution in [0.1, 0.15) is 50.3 Å². The molecule has 0 spiro atoms. The lowest BCUT2D eigenvalue weighted by Gasteiger charge is -2.30. The van der Waals surface area contributed by atoms with E-state index >= 15 is 0 Å². The van der Waals surface area contributed by atoms with Gasteiger partial charge >= 0.3 is 5.97 Å². The number of nitro benzene ring substituents is 1. The highest BCUT2D eigenvalue weighted by Gasteiger charge is 2.28. The maximum Gasteiger partial charge on any atom is 0.349 e. The lowest BCUT2D eigenvalue weighted by molar-refractivity contribution is -0.384. The molecule has 0 N–H and O–H groups in total. The molecule has 0 atom stereocenters. The molecule has 0 radical (unpaired) electrons. The number of allylic oxidation sites excluding steroid dienone is 5. The largest absolute Gasteiger partial charge is 0.462 e. The fourth-order valence-electron chi connectivity index (χ4n) is 5.97. The van der Waals surface area contributed by atoms with Crippen LogP contribution in [-0.2, 0) is 9.53 Å². The van der Waals surface area contributed by atoms with Crippen molar-refractivity contribution >= 4 is 46.4 Å². The molecule has 0 saturated carbocycles. The van der Waals surface area contributed by atoms with Crippen LogP contribution in [0.25, 0.3) is 17.7 Å². The van der Waals surface area contributed by atoms with E-state index in [2.05, 4.69) is 43.0 Å². The Morgan fingerprint density at radius 1 is 0.840 bits per heavy atom. The predicted molar refractivity (Wildman–Crippen MR) is 197 cm³/mol. The van der Waals surface area contributed by atoms with Crippen LogP contribution in [-0.4, -0.2) is 17.5 Å². The molecular weight excluding hydrogens is 624 g/mol. The van der Waals surface area contributed by atoms with Crippen molar-refractivity contribution in [3.05, 3.63) is 159 Å². The highest BCUT2D eigenvalue weighted by atomic mass is 16.6. The van der Waals surface area contributed by atoms with Crippen molar-refractivity contribution in [3.8, 4) is 12.1 Å². The van der Waals surface area contributed by atoms with Crippen LogP contribution in [0, 0.1) is 38.2 Å². The molecule has 0 aromatic heterocycles. The average Bonchev–Trinajstić information content (AvgIpc) is 3.11. The van der Waals surface area contributed by atoms with Gasteiger partial charge in [0, 0.05) is 29.2 Å². The fraction of sp³-hybridized carbons (Fsp3) is 0.167. The summed E-state index contributed by atoms with van der Waals surface area (Å²) in [6.45, 7) is 6.20. The molecule has 0 unspecified atom stereocenters. The van der Waals surface area contributed by atoms with E-state index in [0.29, 0.717) is 23.1 Å². The zero-order valence-electron chi connectivity index (χ0n) is 28.2. The zero-order chi connectivity index (χ0) is 35.7. The Kier molecular flexibility index (Phi) is 10.9. The number of nitrogens with zero attached hydrogens (tertiary/aromatic N) is 4. The van der Waals surface area contributed by atoms with Gasteiger partial charge in [-0.15, -0.1) is 0 Å². The van der Waals surface area contributed by atoms with E-state index in [1.165, 1.54) is 12.1 Å². The van der Waals surface area contributed by atoms with Crippen molar-refractivity contribution in [2.75, 3.05) is 11.5 Å². The Balaban J connectivity index is 1.41. The van der Waals surface area contributed by atoms with E-state index in [1.54, 1.807) is 25.1 Å². The second-order valence-corrected chi connectivity index (χ2v) is 12.6. The number of benzene rings is 4.